The van der Waals surface area contributed by atoms with Gasteiger partial charge in [0.25, 0.3) is 0 Å². The van der Waals surface area contributed by atoms with E-state index in [1.165, 1.54) is 0 Å². The van der Waals surface area contributed by atoms with E-state index in [1.54, 1.807) is 0 Å². The molecule has 4 heteroatoms. The number of aromatic nitrogens is 2. The second-order valence-corrected chi connectivity index (χ2v) is 7.00. The van der Waals surface area contributed by atoms with Gasteiger partial charge in [-0.15, -0.1) is 0 Å². The predicted octanol–water partition coefficient (Wildman–Crippen LogP) is 3.57. The number of rotatable bonds is 3. The molecule has 0 unspecified atom stereocenters. The van der Waals surface area contributed by atoms with E-state index >= 15 is 0 Å². The maximum atomic E-state index is 5.73. The Kier molecular flexibility index (Phi) is 3.59. The van der Waals surface area contributed by atoms with Gasteiger partial charge in [0.05, 0.1) is 5.41 Å². The van der Waals surface area contributed by atoms with Crippen LogP contribution >= 0.6 is 0 Å². The second-order valence-electron chi connectivity index (χ2n) is 7.00. The minimum absolute atomic E-state index is 0.145. The van der Waals surface area contributed by atoms with E-state index in [0.717, 1.165) is 23.5 Å². The Hall–Kier alpha value is -1.84. The van der Waals surface area contributed by atoms with Gasteiger partial charge in [-0.05, 0) is 37.0 Å². The smallest absolute Gasteiger partial charge is 0.236 e. The van der Waals surface area contributed by atoms with Crippen molar-refractivity contribution in [2.24, 2.45) is 5.41 Å². The molecule has 20 heavy (non-hydrogen) atoms. The molecule has 2 rings (SSSR count). The molecule has 0 aliphatic rings. The zero-order chi connectivity index (χ0) is 15.0. The van der Waals surface area contributed by atoms with E-state index in [4.69, 9.17) is 10.3 Å². The summed E-state index contributed by atoms with van der Waals surface area (Å²) >= 11 is 0. The van der Waals surface area contributed by atoms with Crippen molar-refractivity contribution in [1.29, 1.82) is 0 Å². The summed E-state index contributed by atoms with van der Waals surface area (Å²) in [5.41, 5.74) is 7.42. The largest absolute Gasteiger partial charge is 0.399 e. The van der Waals surface area contributed by atoms with Crippen LogP contribution in [0, 0.1) is 5.41 Å². The van der Waals surface area contributed by atoms with Crippen molar-refractivity contribution in [3.63, 3.8) is 0 Å². The number of anilines is 1. The van der Waals surface area contributed by atoms with Crippen LogP contribution in [-0.4, -0.2) is 10.1 Å². The topological polar surface area (TPSA) is 64.9 Å². The summed E-state index contributed by atoms with van der Waals surface area (Å²) in [4.78, 5) is 4.56. The number of hydrogen-bond acceptors (Lipinski definition) is 4. The fourth-order valence-corrected chi connectivity index (χ4v) is 2.08. The minimum Gasteiger partial charge on any atom is -0.399 e. The molecular formula is C16H23N3O. The third-order valence-electron chi connectivity index (χ3n) is 3.32. The van der Waals surface area contributed by atoms with Crippen molar-refractivity contribution in [1.82, 2.24) is 10.1 Å². The summed E-state index contributed by atoms with van der Waals surface area (Å²) in [7, 11) is 0. The van der Waals surface area contributed by atoms with Crippen LogP contribution in [0.3, 0.4) is 0 Å². The Morgan fingerprint density at radius 3 is 2.20 bits per heavy atom. The first-order chi connectivity index (χ1) is 9.18. The summed E-state index contributed by atoms with van der Waals surface area (Å²) in [6.45, 7) is 10.6. The van der Waals surface area contributed by atoms with E-state index < -0.39 is 0 Å². The fraction of sp³-hybridized carbons (Fsp3) is 0.500. The molecule has 0 fully saturated rings. The molecule has 0 aliphatic carbocycles. The summed E-state index contributed by atoms with van der Waals surface area (Å²) in [6, 6.07) is 7.79. The Morgan fingerprint density at radius 1 is 1.05 bits per heavy atom. The standard InChI is InChI=1S/C16H23N3O/c1-15(2,3)10-13-18-14(20-19-13)16(4,5)11-6-8-12(17)9-7-11/h6-9H,10,17H2,1-5H3. The molecule has 0 bridgehead atoms. The minimum atomic E-state index is -0.323. The molecule has 0 saturated carbocycles. The number of nitrogens with two attached hydrogens (primary N) is 1. The average molecular weight is 273 g/mol. The predicted molar refractivity (Wildman–Crippen MR) is 80.4 cm³/mol. The van der Waals surface area contributed by atoms with Crippen LogP contribution in [0.5, 0.6) is 0 Å². The summed E-state index contributed by atoms with van der Waals surface area (Å²) in [5, 5.41) is 4.10. The zero-order valence-electron chi connectivity index (χ0n) is 12.9. The third-order valence-corrected chi connectivity index (χ3v) is 3.32. The van der Waals surface area contributed by atoms with E-state index in [9.17, 15) is 0 Å². The van der Waals surface area contributed by atoms with Crippen molar-refractivity contribution in [3.8, 4) is 0 Å². The average Bonchev–Trinajstić information content (AvgIpc) is 2.76. The molecule has 0 spiro atoms. The van der Waals surface area contributed by atoms with Gasteiger partial charge < -0.3 is 10.3 Å². The van der Waals surface area contributed by atoms with Gasteiger partial charge in [-0.25, -0.2) is 0 Å². The Balaban J connectivity index is 2.28. The van der Waals surface area contributed by atoms with E-state index in [0.29, 0.717) is 5.89 Å². The van der Waals surface area contributed by atoms with Crippen molar-refractivity contribution in [2.75, 3.05) is 5.73 Å². The van der Waals surface area contributed by atoms with Crippen LogP contribution in [-0.2, 0) is 11.8 Å². The highest BCUT2D eigenvalue weighted by Gasteiger charge is 2.30. The van der Waals surface area contributed by atoms with Crippen LogP contribution < -0.4 is 5.73 Å². The summed E-state index contributed by atoms with van der Waals surface area (Å²) in [5.74, 6) is 1.40. The van der Waals surface area contributed by atoms with Gasteiger partial charge >= 0.3 is 0 Å². The molecule has 1 aromatic heterocycles. The van der Waals surface area contributed by atoms with Gasteiger partial charge in [0.1, 0.15) is 0 Å². The molecule has 1 aromatic carbocycles. The highest BCUT2D eigenvalue weighted by atomic mass is 16.5. The summed E-state index contributed by atoms with van der Waals surface area (Å²) < 4.78 is 5.47. The highest BCUT2D eigenvalue weighted by molar-refractivity contribution is 5.42. The van der Waals surface area contributed by atoms with Crippen molar-refractivity contribution in [3.05, 3.63) is 41.5 Å². The van der Waals surface area contributed by atoms with Crippen LogP contribution in [0.15, 0.2) is 28.8 Å². The van der Waals surface area contributed by atoms with Crippen LogP contribution in [0.2, 0.25) is 0 Å². The molecule has 0 radical (unpaired) electrons. The molecule has 0 atom stereocenters. The number of nitrogens with zero attached hydrogens (tertiary/aromatic N) is 2. The van der Waals surface area contributed by atoms with Gasteiger partial charge in [0, 0.05) is 12.1 Å². The van der Waals surface area contributed by atoms with Gasteiger partial charge in [0.15, 0.2) is 5.82 Å². The molecular weight excluding hydrogens is 250 g/mol. The van der Waals surface area contributed by atoms with E-state index in [1.807, 2.05) is 24.3 Å². The van der Waals surface area contributed by atoms with E-state index in [-0.39, 0.29) is 10.8 Å². The lowest BCUT2D eigenvalue weighted by molar-refractivity contribution is 0.323. The van der Waals surface area contributed by atoms with Gasteiger partial charge in [-0.1, -0.05) is 38.1 Å². The van der Waals surface area contributed by atoms with Gasteiger partial charge in [0.2, 0.25) is 5.89 Å². The zero-order valence-corrected chi connectivity index (χ0v) is 12.9. The van der Waals surface area contributed by atoms with Crippen molar-refractivity contribution < 1.29 is 4.52 Å². The first kappa shape index (κ1) is 14.6. The molecule has 0 amide bonds. The molecule has 0 saturated heterocycles. The van der Waals surface area contributed by atoms with Crippen LogP contribution in [0.1, 0.15) is 51.9 Å². The molecule has 0 aliphatic heterocycles. The molecule has 2 N–H and O–H groups in total. The lowest BCUT2D eigenvalue weighted by Gasteiger charge is -2.20. The SMILES string of the molecule is CC(C)(C)Cc1noc(C(C)(C)c2ccc(N)cc2)n1. The Bertz CT molecular complexity index is 577. The maximum Gasteiger partial charge on any atom is 0.236 e. The number of nitrogen functional groups attached to an aromatic ring is 1. The molecule has 108 valence electrons. The van der Waals surface area contributed by atoms with Gasteiger partial charge in [-0.3, -0.25) is 0 Å². The van der Waals surface area contributed by atoms with Crippen LogP contribution in [0.25, 0.3) is 0 Å². The number of hydrogen-bond donors (Lipinski definition) is 1. The van der Waals surface area contributed by atoms with Crippen molar-refractivity contribution in [2.45, 2.75) is 46.5 Å². The van der Waals surface area contributed by atoms with Crippen molar-refractivity contribution >= 4 is 5.69 Å². The fourth-order valence-electron chi connectivity index (χ4n) is 2.08. The molecule has 4 nitrogen and oxygen atoms in total. The highest BCUT2D eigenvalue weighted by Crippen LogP contribution is 2.31. The normalized spacial score (nSPS) is 12.7. The van der Waals surface area contributed by atoms with Gasteiger partial charge in [-0.2, -0.15) is 4.98 Å². The molecule has 2 aromatic rings. The first-order valence-electron chi connectivity index (χ1n) is 6.87. The van der Waals surface area contributed by atoms with E-state index in [2.05, 4.69) is 44.8 Å². The monoisotopic (exact) mass is 273 g/mol. The number of benzene rings is 1. The van der Waals surface area contributed by atoms with Crippen LogP contribution in [0.4, 0.5) is 5.69 Å². The quantitative estimate of drug-likeness (QED) is 0.868. The summed E-state index contributed by atoms with van der Waals surface area (Å²) in [6.07, 6.45) is 0.800. The molecule has 1 heterocycles. The maximum absolute atomic E-state index is 5.73. The lowest BCUT2D eigenvalue weighted by Crippen LogP contribution is -2.19. The lowest BCUT2D eigenvalue weighted by atomic mass is 9.84. The second kappa shape index (κ2) is 4.93. The third kappa shape index (κ3) is 3.18. The Morgan fingerprint density at radius 2 is 1.65 bits per heavy atom. The Labute approximate surface area is 120 Å². The first-order valence-corrected chi connectivity index (χ1v) is 6.87.